The standard InChI is InChI=1S/C16H18N2O/c1-11-14(8-9-17-11)16(19)10-13-7-6-12-4-2-3-5-15(12)18-13/h2-7,11,14,17H,8-10H2,1H3. The first-order valence-electron chi connectivity index (χ1n) is 6.85. The second-order valence-corrected chi connectivity index (χ2v) is 5.28. The fourth-order valence-electron chi connectivity index (χ4n) is 2.81. The first-order valence-corrected chi connectivity index (χ1v) is 6.85. The predicted molar refractivity (Wildman–Crippen MR) is 76.0 cm³/mol. The van der Waals surface area contributed by atoms with Gasteiger partial charge in [0.15, 0.2) is 0 Å². The maximum atomic E-state index is 12.3. The van der Waals surface area contributed by atoms with Crippen molar-refractivity contribution < 1.29 is 4.79 Å². The molecule has 2 unspecified atom stereocenters. The Balaban J connectivity index is 1.79. The molecule has 3 rings (SSSR count). The number of rotatable bonds is 3. The van der Waals surface area contributed by atoms with Gasteiger partial charge in [-0.05, 0) is 32.0 Å². The van der Waals surface area contributed by atoms with Gasteiger partial charge in [0.25, 0.3) is 0 Å². The highest BCUT2D eigenvalue weighted by molar-refractivity contribution is 5.85. The minimum absolute atomic E-state index is 0.147. The third kappa shape index (κ3) is 2.51. The van der Waals surface area contributed by atoms with Crippen LogP contribution in [0.3, 0.4) is 0 Å². The number of carbonyl (C=O) groups excluding carboxylic acids is 1. The highest BCUT2D eigenvalue weighted by Crippen LogP contribution is 2.19. The molecule has 1 saturated heterocycles. The maximum Gasteiger partial charge on any atom is 0.143 e. The van der Waals surface area contributed by atoms with E-state index in [9.17, 15) is 4.79 Å². The number of ketones is 1. The summed E-state index contributed by atoms with van der Waals surface area (Å²) in [4.78, 5) is 16.9. The molecule has 19 heavy (non-hydrogen) atoms. The zero-order valence-corrected chi connectivity index (χ0v) is 11.1. The average molecular weight is 254 g/mol. The summed E-state index contributed by atoms with van der Waals surface area (Å²) in [5, 5.41) is 4.44. The number of carbonyl (C=O) groups is 1. The number of para-hydroxylation sites is 1. The molecule has 0 spiro atoms. The topological polar surface area (TPSA) is 42.0 Å². The normalized spacial score (nSPS) is 22.8. The van der Waals surface area contributed by atoms with Crippen molar-refractivity contribution in [2.45, 2.75) is 25.8 Å². The van der Waals surface area contributed by atoms with Gasteiger partial charge in [0.2, 0.25) is 0 Å². The number of pyridine rings is 1. The maximum absolute atomic E-state index is 12.3. The Hall–Kier alpha value is -1.74. The summed E-state index contributed by atoms with van der Waals surface area (Å²) in [5.41, 5.74) is 1.84. The molecule has 2 heterocycles. The molecule has 0 aliphatic carbocycles. The van der Waals surface area contributed by atoms with E-state index in [1.54, 1.807) is 0 Å². The molecule has 2 aromatic rings. The van der Waals surface area contributed by atoms with E-state index in [-0.39, 0.29) is 5.92 Å². The second kappa shape index (κ2) is 5.10. The molecule has 0 amide bonds. The Bertz CT molecular complexity index is 608. The van der Waals surface area contributed by atoms with Crippen LogP contribution in [0.4, 0.5) is 0 Å². The lowest BCUT2D eigenvalue weighted by Gasteiger charge is -2.13. The number of benzene rings is 1. The van der Waals surface area contributed by atoms with Crippen LogP contribution < -0.4 is 5.32 Å². The monoisotopic (exact) mass is 254 g/mol. The Morgan fingerprint density at radius 2 is 2.16 bits per heavy atom. The largest absolute Gasteiger partial charge is 0.314 e. The van der Waals surface area contributed by atoms with Crippen LogP contribution in [-0.2, 0) is 11.2 Å². The fraction of sp³-hybridized carbons (Fsp3) is 0.375. The highest BCUT2D eigenvalue weighted by atomic mass is 16.1. The average Bonchev–Trinajstić information content (AvgIpc) is 2.85. The Labute approximate surface area is 113 Å². The van der Waals surface area contributed by atoms with Gasteiger partial charge in [0.1, 0.15) is 5.78 Å². The number of nitrogens with one attached hydrogen (secondary N) is 1. The van der Waals surface area contributed by atoms with E-state index in [1.165, 1.54) is 0 Å². The number of fused-ring (bicyclic) bond motifs is 1. The highest BCUT2D eigenvalue weighted by Gasteiger charge is 2.29. The van der Waals surface area contributed by atoms with Gasteiger partial charge in [-0.15, -0.1) is 0 Å². The van der Waals surface area contributed by atoms with Crippen LogP contribution >= 0.6 is 0 Å². The molecule has 1 fully saturated rings. The van der Waals surface area contributed by atoms with Crippen molar-refractivity contribution in [1.82, 2.24) is 10.3 Å². The molecular weight excluding hydrogens is 236 g/mol. The van der Waals surface area contributed by atoms with Gasteiger partial charge in [0.05, 0.1) is 5.52 Å². The molecule has 3 nitrogen and oxygen atoms in total. The summed E-state index contributed by atoms with van der Waals surface area (Å²) in [6, 6.07) is 12.3. The predicted octanol–water partition coefficient (Wildman–Crippen LogP) is 2.34. The Kier molecular flexibility index (Phi) is 3.30. The lowest BCUT2D eigenvalue weighted by molar-refractivity contribution is -0.122. The van der Waals surface area contributed by atoms with Crippen LogP contribution in [0.25, 0.3) is 10.9 Å². The lowest BCUT2D eigenvalue weighted by atomic mass is 9.94. The molecule has 1 aliphatic rings. The van der Waals surface area contributed by atoms with Crippen molar-refractivity contribution in [3.8, 4) is 0 Å². The van der Waals surface area contributed by atoms with Crippen molar-refractivity contribution in [2.24, 2.45) is 5.92 Å². The SMILES string of the molecule is CC1NCCC1C(=O)Cc1ccc2ccccc2n1. The molecule has 1 N–H and O–H groups in total. The van der Waals surface area contributed by atoms with Gasteiger partial charge in [-0.1, -0.05) is 24.3 Å². The number of hydrogen-bond donors (Lipinski definition) is 1. The van der Waals surface area contributed by atoms with Crippen LogP contribution in [0.5, 0.6) is 0 Å². The van der Waals surface area contributed by atoms with Crippen LogP contribution in [0, 0.1) is 5.92 Å². The van der Waals surface area contributed by atoms with E-state index in [2.05, 4.69) is 17.2 Å². The Morgan fingerprint density at radius 3 is 2.95 bits per heavy atom. The van der Waals surface area contributed by atoms with Crippen LogP contribution in [0.15, 0.2) is 36.4 Å². The zero-order chi connectivity index (χ0) is 13.2. The van der Waals surface area contributed by atoms with Gasteiger partial charge >= 0.3 is 0 Å². The minimum atomic E-state index is 0.147. The number of nitrogens with zero attached hydrogens (tertiary/aromatic N) is 1. The van der Waals surface area contributed by atoms with E-state index >= 15 is 0 Å². The van der Waals surface area contributed by atoms with Crippen molar-refractivity contribution in [3.63, 3.8) is 0 Å². The zero-order valence-electron chi connectivity index (χ0n) is 11.1. The van der Waals surface area contributed by atoms with E-state index in [0.29, 0.717) is 18.2 Å². The van der Waals surface area contributed by atoms with Crippen molar-refractivity contribution in [1.29, 1.82) is 0 Å². The molecule has 0 saturated carbocycles. The van der Waals surface area contributed by atoms with Gasteiger partial charge in [-0.25, -0.2) is 0 Å². The Morgan fingerprint density at radius 1 is 1.32 bits per heavy atom. The molecule has 2 atom stereocenters. The number of aromatic nitrogens is 1. The fourth-order valence-corrected chi connectivity index (χ4v) is 2.81. The smallest absolute Gasteiger partial charge is 0.143 e. The third-order valence-electron chi connectivity index (χ3n) is 3.95. The van der Waals surface area contributed by atoms with E-state index in [1.807, 2.05) is 36.4 Å². The van der Waals surface area contributed by atoms with Crippen LogP contribution in [-0.4, -0.2) is 23.4 Å². The molecule has 1 aliphatic heterocycles. The van der Waals surface area contributed by atoms with E-state index in [4.69, 9.17) is 0 Å². The molecule has 1 aromatic heterocycles. The van der Waals surface area contributed by atoms with Gasteiger partial charge < -0.3 is 5.32 Å². The number of hydrogen-bond acceptors (Lipinski definition) is 3. The van der Waals surface area contributed by atoms with E-state index < -0.39 is 0 Å². The summed E-state index contributed by atoms with van der Waals surface area (Å²) in [6.07, 6.45) is 1.40. The number of Topliss-reactive ketones (excluding diaryl/α,β-unsaturated/α-hetero) is 1. The van der Waals surface area contributed by atoms with Crippen LogP contribution in [0.2, 0.25) is 0 Å². The molecule has 1 aromatic carbocycles. The summed E-state index contributed by atoms with van der Waals surface area (Å²) < 4.78 is 0. The quantitative estimate of drug-likeness (QED) is 0.914. The molecule has 0 bridgehead atoms. The second-order valence-electron chi connectivity index (χ2n) is 5.28. The first-order chi connectivity index (χ1) is 9.24. The third-order valence-corrected chi connectivity index (χ3v) is 3.95. The van der Waals surface area contributed by atoms with Gasteiger partial charge in [0, 0.05) is 29.5 Å². The summed E-state index contributed by atoms with van der Waals surface area (Å²) in [5.74, 6) is 0.452. The first kappa shape index (κ1) is 12.3. The molecule has 98 valence electrons. The van der Waals surface area contributed by atoms with E-state index in [0.717, 1.165) is 29.6 Å². The van der Waals surface area contributed by atoms with Crippen molar-refractivity contribution >= 4 is 16.7 Å². The molecule has 0 radical (unpaired) electrons. The summed E-state index contributed by atoms with van der Waals surface area (Å²) in [6.45, 7) is 3.03. The van der Waals surface area contributed by atoms with Crippen molar-refractivity contribution in [3.05, 3.63) is 42.1 Å². The molecule has 3 heteroatoms. The van der Waals surface area contributed by atoms with Gasteiger partial charge in [-0.3, -0.25) is 9.78 Å². The van der Waals surface area contributed by atoms with Gasteiger partial charge in [-0.2, -0.15) is 0 Å². The van der Waals surface area contributed by atoms with Crippen LogP contribution in [0.1, 0.15) is 19.0 Å². The summed E-state index contributed by atoms with van der Waals surface area (Å²) in [7, 11) is 0. The summed E-state index contributed by atoms with van der Waals surface area (Å²) >= 11 is 0. The minimum Gasteiger partial charge on any atom is -0.314 e. The van der Waals surface area contributed by atoms with Crippen molar-refractivity contribution in [2.75, 3.05) is 6.54 Å². The lowest BCUT2D eigenvalue weighted by Crippen LogP contribution is -2.29. The molecular formula is C16H18N2O.